The van der Waals surface area contributed by atoms with Crippen molar-refractivity contribution in [2.24, 2.45) is 0 Å². The van der Waals surface area contributed by atoms with Crippen LogP contribution in [0.3, 0.4) is 0 Å². The molecule has 1 amide bonds. The van der Waals surface area contributed by atoms with E-state index in [9.17, 15) is 22.4 Å². The van der Waals surface area contributed by atoms with E-state index in [4.69, 9.17) is 4.74 Å². The summed E-state index contributed by atoms with van der Waals surface area (Å²) >= 11 is 0. The molecule has 0 atom stereocenters. The minimum absolute atomic E-state index is 0.0392. The summed E-state index contributed by atoms with van der Waals surface area (Å²) in [7, 11) is -2.95. The lowest BCUT2D eigenvalue weighted by atomic mass is 9.98. The van der Waals surface area contributed by atoms with E-state index in [2.05, 4.69) is 0 Å². The largest absolute Gasteiger partial charge is 0.465 e. The van der Waals surface area contributed by atoms with Gasteiger partial charge >= 0.3 is 5.97 Å². The lowest BCUT2D eigenvalue weighted by Crippen LogP contribution is -2.23. The molecule has 0 N–H and O–H groups in total. The maximum absolute atomic E-state index is 14.0. The van der Waals surface area contributed by atoms with E-state index in [0.29, 0.717) is 33.0 Å². The number of esters is 1. The molecule has 38 heavy (non-hydrogen) atoms. The SMILES string of the molecule is COC(=O)c1cc2c(c3c4ccccc4n(S(=O)(=O)c4ccccc4)c13)C(=O)N(Cc1cccc(F)c1)C2. The van der Waals surface area contributed by atoms with Crippen LogP contribution in [-0.4, -0.2) is 36.3 Å². The molecule has 6 rings (SSSR count). The highest BCUT2D eigenvalue weighted by molar-refractivity contribution is 7.90. The first-order chi connectivity index (χ1) is 18.3. The van der Waals surface area contributed by atoms with E-state index < -0.39 is 21.8 Å². The van der Waals surface area contributed by atoms with Crippen LogP contribution < -0.4 is 0 Å². The summed E-state index contributed by atoms with van der Waals surface area (Å²) in [6, 6.07) is 22.3. The van der Waals surface area contributed by atoms with E-state index in [-0.39, 0.29) is 35.0 Å². The minimum atomic E-state index is -4.17. The van der Waals surface area contributed by atoms with Crippen molar-refractivity contribution in [2.75, 3.05) is 7.11 Å². The first-order valence-electron chi connectivity index (χ1n) is 11.8. The number of fused-ring (bicyclic) bond motifs is 5. The van der Waals surface area contributed by atoms with Gasteiger partial charge < -0.3 is 9.64 Å². The molecule has 0 spiro atoms. The second kappa shape index (κ2) is 8.81. The van der Waals surface area contributed by atoms with Gasteiger partial charge in [-0.2, -0.15) is 0 Å². The molecular formula is C29H21FN2O5S. The Bertz CT molecular complexity index is 1880. The van der Waals surface area contributed by atoms with Gasteiger partial charge in [0, 0.05) is 23.9 Å². The number of ether oxygens (including phenoxy) is 1. The average Bonchev–Trinajstić information content (AvgIpc) is 3.43. The van der Waals surface area contributed by atoms with Crippen LogP contribution in [0.4, 0.5) is 4.39 Å². The van der Waals surface area contributed by atoms with Crippen molar-refractivity contribution in [1.82, 2.24) is 8.87 Å². The zero-order valence-corrected chi connectivity index (χ0v) is 21.0. The Morgan fingerprint density at radius 1 is 0.974 bits per heavy atom. The zero-order chi connectivity index (χ0) is 26.6. The van der Waals surface area contributed by atoms with Crippen LogP contribution >= 0.6 is 0 Å². The van der Waals surface area contributed by atoms with Gasteiger partial charge in [0.15, 0.2) is 0 Å². The second-order valence-electron chi connectivity index (χ2n) is 9.06. The van der Waals surface area contributed by atoms with Crippen LogP contribution in [0, 0.1) is 5.82 Å². The molecule has 0 radical (unpaired) electrons. The molecule has 0 saturated heterocycles. The minimum Gasteiger partial charge on any atom is -0.465 e. The number of hydrogen-bond donors (Lipinski definition) is 0. The highest BCUT2D eigenvalue weighted by Gasteiger charge is 2.36. The molecule has 1 aliphatic rings. The lowest BCUT2D eigenvalue weighted by molar-refractivity contribution is 0.0602. The molecule has 0 unspecified atom stereocenters. The quantitative estimate of drug-likeness (QED) is 0.296. The Hall–Kier alpha value is -4.50. The molecule has 0 fully saturated rings. The average molecular weight is 529 g/mol. The highest BCUT2D eigenvalue weighted by atomic mass is 32.2. The van der Waals surface area contributed by atoms with Crippen molar-refractivity contribution < 1.29 is 27.1 Å². The molecule has 7 nitrogen and oxygen atoms in total. The van der Waals surface area contributed by atoms with Gasteiger partial charge in [-0.1, -0.05) is 48.5 Å². The van der Waals surface area contributed by atoms with E-state index in [1.54, 1.807) is 59.5 Å². The molecule has 5 aromatic rings. The molecule has 0 bridgehead atoms. The number of aromatic nitrogens is 1. The number of halogens is 1. The molecule has 1 aromatic heterocycles. The third-order valence-electron chi connectivity index (χ3n) is 6.79. The Morgan fingerprint density at radius 3 is 2.45 bits per heavy atom. The van der Waals surface area contributed by atoms with E-state index in [1.807, 2.05) is 0 Å². The van der Waals surface area contributed by atoms with Crippen molar-refractivity contribution in [1.29, 1.82) is 0 Å². The topological polar surface area (TPSA) is 85.7 Å². The van der Waals surface area contributed by atoms with Crippen molar-refractivity contribution in [2.45, 2.75) is 18.0 Å². The monoisotopic (exact) mass is 528 g/mol. The fourth-order valence-electron chi connectivity index (χ4n) is 5.19. The van der Waals surface area contributed by atoms with E-state index in [0.717, 1.165) is 3.97 Å². The summed E-state index contributed by atoms with van der Waals surface area (Å²) in [6.07, 6.45) is 0. The summed E-state index contributed by atoms with van der Waals surface area (Å²) in [5.74, 6) is -1.46. The Morgan fingerprint density at radius 2 is 1.71 bits per heavy atom. The van der Waals surface area contributed by atoms with Crippen molar-refractivity contribution in [3.8, 4) is 0 Å². The number of amides is 1. The summed E-state index contributed by atoms with van der Waals surface area (Å²) in [5, 5.41) is 0.884. The lowest BCUT2D eigenvalue weighted by Gasteiger charge is -2.15. The van der Waals surface area contributed by atoms with Crippen LogP contribution in [-0.2, 0) is 27.8 Å². The molecule has 0 saturated carbocycles. The number of rotatable bonds is 5. The Balaban J connectivity index is 1.66. The van der Waals surface area contributed by atoms with Gasteiger partial charge in [0.25, 0.3) is 15.9 Å². The van der Waals surface area contributed by atoms with Crippen LogP contribution in [0.15, 0.2) is 89.8 Å². The smallest absolute Gasteiger partial charge is 0.340 e. The normalized spacial score (nSPS) is 13.3. The fraction of sp³-hybridized carbons (Fsp3) is 0.103. The van der Waals surface area contributed by atoms with Gasteiger partial charge in [0.2, 0.25) is 0 Å². The first kappa shape index (κ1) is 23.9. The summed E-state index contributed by atoms with van der Waals surface area (Å²) in [4.78, 5) is 28.4. The molecule has 1 aliphatic heterocycles. The summed E-state index contributed by atoms with van der Waals surface area (Å²) < 4.78 is 48.0. The maximum atomic E-state index is 14.0. The standard InChI is InChI=1S/C29H21FN2O5S/c1-37-29(34)23-15-19-17-31(16-18-8-7-9-20(30)14-18)28(33)25(19)26-22-12-5-6-13-24(22)32(27(23)26)38(35,36)21-10-3-2-4-11-21/h2-15H,16-17H2,1H3. The molecular weight excluding hydrogens is 507 g/mol. The number of carbonyl (C=O) groups excluding carboxylic acids is 2. The zero-order valence-electron chi connectivity index (χ0n) is 20.2. The van der Waals surface area contributed by atoms with E-state index in [1.165, 1.54) is 37.4 Å². The number of carbonyl (C=O) groups is 2. The Kier molecular flexibility index (Phi) is 5.53. The van der Waals surface area contributed by atoms with Gasteiger partial charge in [0.1, 0.15) is 5.82 Å². The predicted octanol–water partition coefficient (Wildman–Crippen LogP) is 5.11. The Labute approximate surface area is 217 Å². The predicted molar refractivity (Wildman–Crippen MR) is 140 cm³/mol. The number of para-hydroxylation sites is 1. The number of benzene rings is 4. The van der Waals surface area contributed by atoms with Gasteiger partial charge in [-0.25, -0.2) is 21.6 Å². The van der Waals surface area contributed by atoms with Gasteiger partial charge in [-0.3, -0.25) is 4.79 Å². The molecule has 0 aliphatic carbocycles. The molecule has 9 heteroatoms. The van der Waals surface area contributed by atoms with Crippen molar-refractivity contribution in [3.63, 3.8) is 0 Å². The number of methoxy groups -OCH3 is 1. The van der Waals surface area contributed by atoms with Crippen molar-refractivity contribution in [3.05, 3.63) is 113 Å². The van der Waals surface area contributed by atoms with Crippen LogP contribution in [0.5, 0.6) is 0 Å². The van der Waals surface area contributed by atoms with Crippen LogP contribution in [0.2, 0.25) is 0 Å². The van der Waals surface area contributed by atoms with Gasteiger partial charge in [0.05, 0.1) is 34.2 Å². The second-order valence-corrected chi connectivity index (χ2v) is 10.9. The van der Waals surface area contributed by atoms with Gasteiger partial charge in [-0.05, 0) is 47.5 Å². The van der Waals surface area contributed by atoms with Crippen LogP contribution in [0.25, 0.3) is 21.8 Å². The molecule has 2 heterocycles. The van der Waals surface area contributed by atoms with E-state index >= 15 is 0 Å². The summed E-state index contributed by atoms with van der Waals surface area (Å²) in [5.41, 5.74) is 1.96. The van der Waals surface area contributed by atoms with Crippen molar-refractivity contribution >= 4 is 43.7 Å². The first-order valence-corrected chi connectivity index (χ1v) is 13.3. The fourth-order valence-corrected chi connectivity index (χ4v) is 6.75. The molecule has 4 aromatic carbocycles. The maximum Gasteiger partial charge on any atom is 0.340 e. The van der Waals surface area contributed by atoms with Gasteiger partial charge in [-0.15, -0.1) is 0 Å². The number of hydrogen-bond acceptors (Lipinski definition) is 5. The third kappa shape index (κ3) is 3.58. The van der Waals surface area contributed by atoms with Crippen LogP contribution in [0.1, 0.15) is 31.8 Å². The third-order valence-corrected chi connectivity index (χ3v) is 8.52. The summed E-state index contributed by atoms with van der Waals surface area (Å²) in [6.45, 7) is 0.330. The molecule has 190 valence electrons. The number of nitrogens with zero attached hydrogens (tertiary/aromatic N) is 2. The highest BCUT2D eigenvalue weighted by Crippen LogP contribution is 2.41.